The van der Waals surface area contributed by atoms with Crippen LogP contribution in [0.2, 0.25) is 10.0 Å². The van der Waals surface area contributed by atoms with Gasteiger partial charge in [0.2, 0.25) is 5.91 Å². The van der Waals surface area contributed by atoms with Crippen LogP contribution in [-0.4, -0.2) is 57.8 Å². The maximum atomic E-state index is 15.1. The van der Waals surface area contributed by atoms with Crippen molar-refractivity contribution in [2.45, 2.75) is 50.7 Å². The SMILES string of the molecule is Cc1c(Cl)cccc1OCCCC(=O)N1CCSc2c(-c3cnn(Cc4c(F)cc(C(=O)NCC(C)(C)O)cc4Cl)c3)cccc21. The zero-order valence-corrected chi connectivity index (χ0v) is 28.1. The smallest absolute Gasteiger partial charge is 0.251 e. The fraction of sp³-hybridized carbons (Fsp3) is 0.324. The first-order chi connectivity index (χ1) is 21.9. The van der Waals surface area contributed by atoms with E-state index in [0.29, 0.717) is 31.0 Å². The fourth-order valence-electron chi connectivity index (χ4n) is 5.05. The Morgan fingerprint density at radius 3 is 2.70 bits per heavy atom. The molecule has 5 rings (SSSR count). The molecule has 0 bridgehead atoms. The van der Waals surface area contributed by atoms with Crippen molar-refractivity contribution in [3.8, 4) is 16.9 Å². The van der Waals surface area contributed by atoms with Crippen LogP contribution in [0.25, 0.3) is 11.1 Å². The number of nitrogens with zero attached hydrogens (tertiary/aromatic N) is 3. The lowest BCUT2D eigenvalue weighted by atomic mass is 10.1. The summed E-state index contributed by atoms with van der Waals surface area (Å²) < 4.78 is 22.6. The third-order valence-electron chi connectivity index (χ3n) is 7.51. The Balaban J connectivity index is 1.25. The number of anilines is 1. The summed E-state index contributed by atoms with van der Waals surface area (Å²) in [5.41, 5.74) is 2.64. The minimum atomic E-state index is -1.10. The van der Waals surface area contributed by atoms with Gasteiger partial charge in [0, 0.05) is 74.2 Å². The summed E-state index contributed by atoms with van der Waals surface area (Å²) in [4.78, 5) is 28.6. The van der Waals surface area contributed by atoms with Crippen LogP contribution in [0.1, 0.15) is 48.2 Å². The number of hydrogen-bond acceptors (Lipinski definition) is 6. The Morgan fingerprint density at radius 1 is 1.15 bits per heavy atom. The van der Waals surface area contributed by atoms with E-state index >= 15 is 4.39 Å². The molecule has 0 fully saturated rings. The summed E-state index contributed by atoms with van der Waals surface area (Å²) in [7, 11) is 0. The molecule has 1 aromatic heterocycles. The highest BCUT2D eigenvalue weighted by Gasteiger charge is 2.26. The molecule has 1 aliphatic heterocycles. The van der Waals surface area contributed by atoms with Gasteiger partial charge in [-0.25, -0.2) is 4.39 Å². The van der Waals surface area contributed by atoms with Crippen LogP contribution >= 0.6 is 35.0 Å². The predicted octanol–water partition coefficient (Wildman–Crippen LogP) is 7.15. The van der Waals surface area contributed by atoms with Crippen LogP contribution in [-0.2, 0) is 11.3 Å². The van der Waals surface area contributed by atoms with Gasteiger partial charge in [0.25, 0.3) is 5.91 Å². The van der Waals surface area contributed by atoms with Gasteiger partial charge < -0.3 is 20.1 Å². The van der Waals surface area contributed by atoms with Gasteiger partial charge in [-0.3, -0.25) is 14.3 Å². The van der Waals surface area contributed by atoms with E-state index in [9.17, 15) is 14.7 Å². The van der Waals surface area contributed by atoms with Gasteiger partial charge >= 0.3 is 0 Å². The van der Waals surface area contributed by atoms with Crippen LogP contribution in [0.4, 0.5) is 10.1 Å². The highest BCUT2D eigenvalue weighted by Crippen LogP contribution is 2.42. The van der Waals surface area contributed by atoms with Gasteiger partial charge in [-0.1, -0.05) is 41.4 Å². The highest BCUT2D eigenvalue weighted by atomic mass is 35.5. The van der Waals surface area contributed by atoms with Crippen molar-refractivity contribution in [3.05, 3.63) is 93.5 Å². The van der Waals surface area contributed by atoms with Crippen molar-refractivity contribution in [1.82, 2.24) is 15.1 Å². The first-order valence-electron chi connectivity index (χ1n) is 14.9. The largest absolute Gasteiger partial charge is 0.493 e. The topological polar surface area (TPSA) is 96.7 Å². The molecule has 2 amide bonds. The van der Waals surface area contributed by atoms with Gasteiger partial charge in [-0.05, 0) is 57.5 Å². The summed E-state index contributed by atoms with van der Waals surface area (Å²) >= 11 is 14.3. The summed E-state index contributed by atoms with van der Waals surface area (Å²) in [5.74, 6) is 0.336. The summed E-state index contributed by atoms with van der Waals surface area (Å²) in [6.45, 7) is 6.11. The number of thioether (sulfide) groups is 1. The van der Waals surface area contributed by atoms with Crippen molar-refractivity contribution < 1.29 is 23.8 Å². The zero-order chi connectivity index (χ0) is 33.0. The number of halogens is 3. The van der Waals surface area contributed by atoms with Crippen LogP contribution < -0.4 is 15.0 Å². The molecular weight excluding hydrogens is 650 g/mol. The molecule has 12 heteroatoms. The summed E-state index contributed by atoms with van der Waals surface area (Å²) in [6, 6.07) is 13.9. The molecule has 0 saturated heterocycles. The average Bonchev–Trinajstić information content (AvgIpc) is 3.49. The Hall–Kier alpha value is -3.57. The lowest BCUT2D eigenvalue weighted by Gasteiger charge is -2.30. The number of aliphatic hydroxyl groups is 1. The maximum absolute atomic E-state index is 15.1. The second-order valence-electron chi connectivity index (χ2n) is 11.7. The molecule has 0 spiro atoms. The van der Waals surface area contributed by atoms with E-state index < -0.39 is 17.3 Å². The molecule has 0 radical (unpaired) electrons. The zero-order valence-electron chi connectivity index (χ0n) is 25.8. The molecule has 1 aliphatic rings. The minimum absolute atomic E-state index is 0.00973. The fourth-order valence-corrected chi connectivity index (χ4v) is 6.63. The van der Waals surface area contributed by atoms with Crippen molar-refractivity contribution in [2.24, 2.45) is 0 Å². The monoisotopic (exact) mass is 684 g/mol. The third kappa shape index (κ3) is 8.04. The first-order valence-corrected chi connectivity index (χ1v) is 16.6. The van der Waals surface area contributed by atoms with Crippen molar-refractivity contribution in [2.75, 3.05) is 30.3 Å². The third-order valence-corrected chi connectivity index (χ3v) is 9.36. The molecule has 3 aromatic carbocycles. The number of hydrogen-bond donors (Lipinski definition) is 2. The van der Waals surface area contributed by atoms with E-state index in [2.05, 4.69) is 10.4 Å². The number of nitrogens with one attached hydrogen (secondary N) is 1. The Kier molecular flexibility index (Phi) is 10.6. The van der Waals surface area contributed by atoms with Crippen LogP contribution in [0, 0.1) is 12.7 Å². The van der Waals surface area contributed by atoms with Crippen LogP contribution in [0.3, 0.4) is 0 Å². The number of carbonyl (C=O) groups is 2. The molecule has 2 heterocycles. The van der Waals surface area contributed by atoms with Gasteiger partial charge in [0.1, 0.15) is 11.6 Å². The second-order valence-corrected chi connectivity index (χ2v) is 13.6. The number of amides is 2. The molecular formula is C34H35Cl2FN4O4S. The van der Waals surface area contributed by atoms with Crippen LogP contribution in [0.5, 0.6) is 5.75 Å². The molecule has 4 aromatic rings. The van der Waals surface area contributed by atoms with E-state index in [-0.39, 0.29) is 35.1 Å². The molecule has 8 nitrogen and oxygen atoms in total. The number of fused-ring (bicyclic) bond motifs is 1. The number of rotatable bonds is 11. The summed E-state index contributed by atoms with van der Waals surface area (Å²) in [6.07, 6.45) is 4.43. The van der Waals surface area contributed by atoms with E-state index in [1.165, 1.54) is 6.07 Å². The normalized spacial score (nSPS) is 13.0. The molecule has 242 valence electrons. The van der Waals surface area contributed by atoms with Crippen LogP contribution in [0.15, 0.2) is 65.8 Å². The molecule has 0 aliphatic carbocycles. The lowest BCUT2D eigenvalue weighted by molar-refractivity contribution is -0.118. The molecule has 2 N–H and O–H groups in total. The first kappa shape index (κ1) is 33.8. The molecule has 46 heavy (non-hydrogen) atoms. The molecule has 0 unspecified atom stereocenters. The highest BCUT2D eigenvalue weighted by molar-refractivity contribution is 7.99. The lowest BCUT2D eigenvalue weighted by Crippen LogP contribution is -2.38. The van der Waals surface area contributed by atoms with E-state index in [1.807, 2.05) is 54.4 Å². The quantitative estimate of drug-likeness (QED) is 0.163. The maximum Gasteiger partial charge on any atom is 0.251 e. The van der Waals surface area contributed by atoms with E-state index in [4.69, 9.17) is 27.9 Å². The van der Waals surface area contributed by atoms with Gasteiger partial charge in [-0.2, -0.15) is 5.10 Å². The number of aromatic nitrogens is 2. The van der Waals surface area contributed by atoms with Crippen molar-refractivity contribution in [1.29, 1.82) is 0 Å². The van der Waals surface area contributed by atoms with E-state index in [1.54, 1.807) is 36.5 Å². The Morgan fingerprint density at radius 2 is 1.93 bits per heavy atom. The minimum Gasteiger partial charge on any atom is -0.493 e. The predicted molar refractivity (Wildman–Crippen MR) is 181 cm³/mol. The van der Waals surface area contributed by atoms with Gasteiger partial charge in [0.05, 0.1) is 30.6 Å². The average molecular weight is 686 g/mol. The number of benzene rings is 3. The Labute approximate surface area is 281 Å². The standard InChI is InChI=1S/C34H35Cl2FN4O4S/c1-21-26(35)8-5-10-30(21)45-13-6-11-31(42)41-12-14-46-32-24(7-4-9-29(32)41)23-17-39-40(18-23)19-25-27(36)15-22(16-28(25)37)33(43)38-20-34(2,3)44/h4-5,7-10,15-18,44H,6,11-14,19-20H2,1-3H3,(H,38,43). The number of ether oxygens (including phenoxy) is 1. The van der Waals surface area contributed by atoms with Gasteiger partial charge in [0.15, 0.2) is 0 Å². The van der Waals surface area contributed by atoms with Gasteiger partial charge in [-0.15, -0.1) is 11.8 Å². The molecule has 0 atom stereocenters. The molecule has 0 saturated carbocycles. The van der Waals surface area contributed by atoms with Crippen molar-refractivity contribution >= 4 is 52.5 Å². The van der Waals surface area contributed by atoms with Crippen molar-refractivity contribution in [3.63, 3.8) is 0 Å². The van der Waals surface area contributed by atoms with E-state index in [0.717, 1.165) is 44.8 Å². The second kappa shape index (κ2) is 14.5. The Bertz CT molecular complexity index is 1730. The summed E-state index contributed by atoms with van der Waals surface area (Å²) in [5, 5.41) is 17.6. The number of carbonyl (C=O) groups excluding carboxylic acids is 2.